The molecule has 0 rings (SSSR count). The van der Waals surface area contributed by atoms with Gasteiger partial charge >= 0.3 is 0 Å². The van der Waals surface area contributed by atoms with Gasteiger partial charge in [-0.15, -0.1) is 0 Å². The summed E-state index contributed by atoms with van der Waals surface area (Å²) >= 11 is 4.78. The molecule has 0 radical (unpaired) electrons. The molecule has 2 nitrogen and oxygen atoms in total. The van der Waals surface area contributed by atoms with Crippen molar-refractivity contribution in [3.05, 3.63) is 0 Å². The number of nitrogens with two attached hydrogens (primary N) is 1. The predicted octanol–water partition coefficient (Wildman–Crippen LogP) is 1.00. The molecule has 3 heteroatoms. The summed E-state index contributed by atoms with van der Waals surface area (Å²) in [6.07, 6.45) is 1.14. The van der Waals surface area contributed by atoms with E-state index in [0.29, 0.717) is 11.0 Å². The number of rotatable bonds is 4. The summed E-state index contributed by atoms with van der Waals surface area (Å²) < 4.78 is 0. The van der Waals surface area contributed by atoms with Crippen LogP contribution in [0.25, 0.3) is 0 Å². The summed E-state index contributed by atoms with van der Waals surface area (Å²) in [6.45, 7) is 5.04. The first-order chi connectivity index (χ1) is 4.57. The number of hydrogen-bond donors (Lipinski definition) is 1. The fourth-order valence-electron chi connectivity index (χ4n) is 0.713. The molecule has 0 spiro atoms. The van der Waals surface area contributed by atoms with Crippen molar-refractivity contribution in [3.63, 3.8) is 0 Å². The summed E-state index contributed by atoms with van der Waals surface area (Å²) in [5.74, 6) is 0. The Morgan fingerprint density at radius 2 is 2.20 bits per heavy atom. The third kappa shape index (κ3) is 3.80. The Morgan fingerprint density at radius 1 is 1.70 bits per heavy atom. The zero-order chi connectivity index (χ0) is 8.15. The van der Waals surface area contributed by atoms with E-state index in [1.54, 1.807) is 0 Å². The largest absolute Gasteiger partial charge is 0.392 e. The Balaban J connectivity index is 3.61. The number of likely N-dealkylation sites (N-methyl/N-ethyl adjacent to an activating group) is 1. The molecule has 0 aliphatic rings. The van der Waals surface area contributed by atoms with Crippen LogP contribution in [0.4, 0.5) is 0 Å². The Hall–Kier alpha value is -0.150. The van der Waals surface area contributed by atoms with Gasteiger partial charge in [0, 0.05) is 12.6 Å². The lowest BCUT2D eigenvalue weighted by atomic mass is 10.2. The van der Waals surface area contributed by atoms with E-state index >= 15 is 0 Å². The molecule has 0 aromatic carbocycles. The highest BCUT2D eigenvalue weighted by Crippen LogP contribution is 1.98. The van der Waals surface area contributed by atoms with E-state index in [2.05, 4.69) is 18.7 Å². The first-order valence-electron chi connectivity index (χ1n) is 3.56. The number of thiocarbonyl (C=S) groups is 1. The minimum absolute atomic E-state index is 0.571. The molecule has 0 bridgehead atoms. The van der Waals surface area contributed by atoms with Gasteiger partial charge in [-0.25, -0.2) is 0 Å². The van der Waals surface area contributed by atoms with Gasteiger partial charge in [0.15, 0.2) is 0 Å². The van der Waals surface area contributed by atoms with Crippen molar-refractivity contribution in [3.8, 4) is 0 Å². The van der Waals surface area contributed by atoms with Crippen LogP contribution >= 0.6 is 12.2 Å². The highest BCUT2D eigenvalue weighted by atomic mass is 32.1. The quantitative estimate of drug-likeness (QED) is 0.622. The van der Waals surface area contributed by atoms with Crippen molar-refractivity contribution in [2.75, 3.05) is 13.6 Å². The summed E-state index contributed by atoms with van der Waals surface area (Å²) in [4.78, 5) is 2.73. The third-order valence-corrected chi connectivity index (χ3v) is 1.88. The molecule has 0 aliphatic carbocycles. The van der Waals surface area contributed by atoms with Crippen molar-refractivity contribution >= 4 is 17.2 Å². The van der Waals surface area contributed by atoms with Crippen molar-refractivity contribution in [1.82, 2.24) is 4.90 Å². The first kappa shape index (κ1) is 9.85. The SMILES string of the molecule is CCC(C)N(C)CC(N)=S. The van der Waals surface area contributed by atoms with Gasteiger partial charge < -0.3 is 5.73 Å². The fourth-order valence-corrected chi connectivity index (χ4v) is 0.917. The van der Waals surface area contributed by atoms with Gasteiger partial charge in [-0.05, 0) is 20.4 Å². The molecule has 0 aromatic rings. The van der Waals surface area contributed by atoms with Crippen LogP contribution < -0.4 is 5.73 Å². The lowest BCUT2D eigenvalue weighted by Crippen LogP contribution is -2.35. The van der Waals surface area contributed by atoms with Crippen LogP contribution in [0.3, 0.4) is 0 Å². The van der Waals surface area contributed by atoms with E-state index in [1.165, 1.54) is 0 Å². The first-order valence-corrected chi connectivity index (χ1v) is 3.97. The van der Waals surface area contributed by atoms with Gasteiger partial charge in [-0.3, -0.25) is 4.90 Å². The fraction of sp³-hybridized carbons (Fsp3) is 0.857. The molecule has 0 heterocycles. The van der Waals surface area contributed by atoms with Crippen LogP contribution in [0.1, 0.15) is 20.3 Å². The molecular weight excluding hydrogens is 144 g/mol. The maximum absolute atomic E-state index is 5.38. The van der Waals surface area contributed by atoms with E-state index in [-0.39, 0.29) is 0 Å². The van der Waals surface area contributed by atoms with Crippen LogP contribution in [0.2, 0.25) is 0 Å². The van der Waals surface area contributed by atoms with Crippen LogP contribution in [0, 0.1) is 0 Å². The highest BCUT2D eigenvalue weighted by molar-refractivity contribution is 7.80. The van der Waals surface area contributed by atoms with Crippen molar-refractivity contribution < 1.29 is 0 Å². The van der Waals surface area contributed by atoms with Crippen LogP contribution in [-0.2, 0) is 0 Å². The molecule has 0 amide bonds. The average molecular weight is 160 g/mol. The molecule has 2 N–H and O–H groups in total. The molecule has 60 valence electrons. The van der Waals surface area contributed by atoms with Crippen LogP contribution in [0.5, 0.6) is 0 Å². The maximum atomic E-state index is 5.38. The van der Waals surface area contributed by atoms with E-state index in [0.717, 1.165) is 13.0 Å². The van der Waals surface area contributed by atoms with E-state index in [4.69, 9.17) is 18.0 Å². The molecule has 1 unspecified atom stereocenters. The Bertz CT molecular complexity index is 114. The lowest BCUT2D eigenvalue weighted by Gasteiger charge is -2.22. The topological polar surface area (TPSA) is 29.3 Å². The molecule has 10 heavy (non-hydrogen) atoms. The van der Waals surface area contributed by atoms with Gasteiger partial charge in [0.1, 0.15) is 0 Å². The second-order valence-electron chi connectivity index (χ2n) is 2.64. The van der Waals surface area contributed by atoms with Crippen molar-refractivity contribution in [2.24, 2.45) is 5.73 Å². The summed E-state index contributed by atoms with van der Waals surface area (Å²) in [5, 5.41) is 0. The van der Waals surface area contributed by atoms with Gasteiger partial charge in [0.05, 0.1) is 4.99 Å². The zero-order valence-corrected chi connectivity index (χ0v) is 7.74. The monoisotopic (exact) mass is 160 g/mol. The molecule has 1 atom stereocenters. The Morgan fingerprint density at radius 3 is 2.50 bits per heavy atom. The van der Waals surface area contributed by atoms with Gasteiger partial charge in [0.2, 0.25) is 0 Å². The van der Waals surface area contributed by atoms with E-state index < -0.39 is 0 Å². The number of hydrogen-bond acceptors (Lipinski definition) is 2. The highest BCUT2D eigenvalue weighted by Gasteiger charge is 2.05. The Kier molecular flexibility index (Phi) is 4.56. The van der Waals surface area contributed by atoms with Gasteiger partial charge in [-0.2, -0.15) is 0 Å². The molecule has 0 aliphatic heterocycles. The predicted molar refractivity (Wildman–Crippen MR) is 49.2 cm³/mol. The standard InChI is InChI=1S/C7H16N2S/c1-4-6(2)9(3)5-7(8)10/h6H,4-5H2,1-3H3,(H2,8,10). The van der Waals surface area contributed by atoms with Crippen LogP contribution in [0.15, 0.2) is 0 Å². The zero-order valence-electron chi connectivity index (χ0n) is 6.92. The molecule has 0 fully saturated rings. The lowest BCUT2D eigenvalue weighted by molar-refractivity contribution is 0.286. The summed E-state index contributed by atoms with van der Waals surface area (Å²) in [5.41, 5.74) is 5.38. The van der Waals surface area contributed by atoms with E-state index in [9.17, 15) is 0 Å². The summed E-state index contributed by atoms with van der Waals surface area (Å²) in [7, 11) is 2.04. The smallest absolute Gasteiger partial charge is 0.0870 e. The molecule has 0 saturated heterocycles. The molecular formula is C7H16N2S. The average Bonchev–Trinajstić information content (AvgIpc) is 1.85. The third-order valence-electron chi connectivity index (χ3n) is 1.75. The molecule has 0 aromatic heterocycles. The van der Waals surface area contributed by atoms with Gasteiger partial charge in [-0.1, -0.05) is 19.1 Å². The van der Waals surface area contributed by atoms with Crippen LogP contribution in [-0.4, -0.2) is 29.5 Å². The molecule has 0 saturated carbocycles. The number of nitrogens with zero attached hydrogens (tertiary/aromatic N) is 1. The second-order valence-corrected chi connectivity index (χ2v) is 3.16. The van der Waals surface area contributed by atoms with Crippen molar-refractivity contribution in [1.29, 1.82) is 0 Å². The Labute approximate surface area is 68.4 Å². The minimum Gasteiger partial charge on any atom is -0.392 e. The second kappa shape index (κ2) is 4.63. The van der Waals surface area contributed by atoms with Crippen molar-refractivity contribution in [2.45, 2.75) is 26.3 Å². The van der Waals surface area contributed by atoms with Gasteiger partial charge in [0.25, 0.3) is 0 Å². The normalized spacial score (nSPS) is 13.6. The van der Waals surface area contributed by atoms with E-state index in [1.807, 2.05) is 7.05 Å². The summed E-state index contributed by atoms with van der Waals surface area (Å²) in [6, 6.07) is 0.571. The minimum atomic E-state index is 0.571. The maximum Gasteiger partial charge on any atom is 0.0870 e.